The number of aryl methyl sites for hydroxylation is 1. The number of hydrogen-bond acceptors (Lipinski definition) is 5. The Kier molecular flexibility index (Phi) is 8.90. The van der Waals surface area contributed by atoms with Crippen LogP contribution in [0.25, 0.3) is 0 Å². The minimum absolute atomic E-state index is 0.0543. The number of unbranched alkanes of at least 4 members (excludes halogenated alkanes) is 1. The number of hydrogen-bond donors (Lipinski definition) is 3. The zero-order valence-electron chi connectivity index (χ0n) is 25.5. The van der Waals surface area contributed by atoms with Crippen LogP contribution in [0.2, 0.25) is 0 Å². The summed E-state index contributed by atoms with van der Waals surface area (Å²) in [7, 11) is 0. The molecule has 4 aliphatic rings. The highest BCUT2D eigenvalue weighted by atomic mass is 19.4. The molecule has 240 valence electrons. The van der Waals surface area contributed by atoms with Crippen molar-refractivity contribution >= 4 is 11.6 Å². The van der Waals surface area contributed by atoms with Gasteiger partial charge in [0.2, 0.25) is 5.91 Å². The average Bonchev–Trinajstić information content (AvgIpc) is 3.29. The number of phenols is 1. The molecule has 6 nitrogen and oxygen atoms in total. The number of anilines is 1. The lowest BCUT2D eigenvalue weighted by Gasteiger charge is -2.53. The fourth-order valence-electron chi connectivity index (χ4n) is 8.84. The first-order chi connectivity index (χ1) is 21.0. The lowest BCUT2D eigenvalue weighted by atomic mass is 9.54. The van der Waals surface area contributed by atoms with Crippen LogP contribution in [0.15, 0.2) is 36.4 Å². The molecule has 3 N–H and O–H groups in total. The van der Waals surface area contributed by atoms with E-state index >= 15 is 0 Å². The van der Waals surface area contributed by atoms with E-state index < -0.39 is 29.9 Å². The van der Waals surface area contributed by atoms with E-state index in [1.165, 1.54) is 31.4 Å². The van der Waals surface area contributed by atoms with Gasteiger partial charge in [0.15, 0.2) is 0 Å². The molecule has 0 radical (unpaired) electrons. The second-order valence-corrected chi connectivity index (χ2v) is 13.8. The van der Waals surface area contributed by atoms with Gasteiger partial charge in [0.05, 0.1) is 17.4 Å². The second kappa shape index (κ2) is 12.5. The molecule has 1 amide bonds. The molecule has 2 aromatic rings. The van der Waals surface area contributed by atoms with Crippen LogP contribution in [0.4, 0.5) is 18.9 Å². The molecular formula is C35H45F3N2O4. The molecule has 2 saturated carbocycles. The Labute approximate surface area is 258 Å². The Hall–Kier alpha value is -2.78. The number of halogens is 3. The number of piperidine rings is 1. The molecule has 9 heteroatoms. The fourth-order valence-corrected chi connectivity index (χ4v) is 8.84. The summed E-state index contributed by atoms with van der Waals surface area (Å²) in [5.41, 5.74) is 0.557. The van der Waals surface area contributed by atoms with E-state index in [1.807, 2.05) is 6.07 Å². The van der Waals surface area contributed by atoms with E-state index in [-0.39, 0.29) is 40.9 Å². The predicted molar refractivity (Wildman–Crippen MR) is 163 cm³/mol. The van der Waals surface area contributed by atoms with Crippen LogP contribution < -0.4 is 10.1 Å². The standard InChI is InChI=1S/C35H45F3N2O4/c1-34-21-30(33-25-12-9-23(41)19-22(25)8-11-26(33)27(34)13-15-31(34)42)44-24-10-14-29(28(20-24)35(36,37)38)39-32(43)7-3-6-18-40-16-4-2-5-17-40/h9-10,12,14,19-20,26-27,30-31,33,41-42H,2-8,11,13,15-18,21H2,1H3,(H,39,43)/t26-,27-,30-,31-,33+,34-/m0/s1. The maximum absolute atomic E-state index is 14.3. The number of aliphatic hydroxyl groups excluding tert-OH is 1. The first-order valence-electron chi connectivity index (χ1n) is 16.4. The molecule has 1 aliphatic heterocycles. The third-order valence-corrected chi connectivity index (χ3v) is 11.0. The number of carbonyl (C=O) groups excluding carboxylic acids is 1. The van der Waals surface area contributed by atoms with Gasteiger partial charge in [0.25, 0.3) is 0 Å². The summed E-state index contributed by atoms with van der Waals surface area (Å²) >= 11 is 0. The number of aliphatic hydroxyl groups is 1. The Balaban J connectivity index is 1.19. The van der Waals surface area contributed by atoms with E-state index in [0.717, 1.165) is 62.5 Å². The van der Waals surface area contributed by atoms with Crippen LogP contribution >= 0.6 is 0 Å². The Bertz CT molecular complexity index is 1340. The Morgan fingerprint density at radius 1 is 1.07 bits per heavy atom. The average molecular weight is 615 g/mol. The van der Waals surface area contributed by atoms with Crippen molar-refractivity contribution < 1.29 is 32.9 Å². The minimum Gasteiger partial charge on any atom is -0.508 e. The van der Waals surface area contributed by atoms with Crippen molar-refractivity contribution in [2.75, 3.05) is 25.0 Å². The van der Waals surface area contributed by atoms with Crippen LogP contribution in [-0.4, -0.2) is 52.9 Å². The molecule has 3 fully saturated rings. The van der Waals surface area contributed by atoms with Crippen molar-refractivity contribution in [3.05, 3.63) is 53.1 Å². The van der Waals surface area contributed by atoms with Crippen molar-refractivity contribution in [3.8, 4) is 11.5 Å². The molecule has 1 saturated heterocycles. The number of aromatic hydroxyl groups is 1. The number of ether oxygens (including phenoxy) is 1. The number of benzene rings is 2. The topological polar surface area (TPSA) is 82.0 Å². The molecule has 44 heavy (non-hydrogen) atoms. The number of alkyl halides is 3. The molecule has 1 heterocycles. The van der Waals surface area contributed by atoms with Gasteiger partial charge < -0.3 is 25.2 Å². The van der Waals surface area contributed by atoms with Crippen molar-refractivity contribution in [1.29, 1.82) is 0 Å². The van der Waals surface area contributed by atoms with E-state index in [4.69, 9.17) is 4.74 Å². The SMILES string of the molecule is C[C@]12C[C@H](Oc3ccc(NC(=O)CCCCN4CCCCC4)c(C(F)(F)F)c3)[C@@H]3c4ccc(O)cc4CC[C@H]3[C@@H]1CC[C@@H]2O. The monoisotopic (exact) mass is 614 g/mol. The number of carbonyl (C=O) groups is 1. The van der Waals surface area contributed by atoms with E-state index in [2.05, 4.69) is 17.1 Å². The molecule has 0 unspecified atom stereocenters. The maximum atomic E-state index is 14.3. The molecule has 0 aromatic heterocycles. The summed E-state index contributed by atoms with van der Waals surface area (Å²) < 4.78 is 49.4. The highest BCUT2D eigenvalue weighted by Gasteiger charge is 2.58. The van der Waals surface area contributed by atoms with Gasteiger partial charge in [0.1, 0.15) is 17.6 Å². The summed E-state index contributed by atoms with van der Waals surface area (Å²) in [6.07, 6.45) is 3.53. The Morgan fingerprint density at radius 2 is 1.86 bits per heavy atom. The minimum atomic E-state index is -4.68. The maximum Gasteiger partial charge on any atom is 0.418 e. The highest BCUT2D eigenvalue weighted by molar-refractivity contribution is 5.91. The zero-order valence-corrected chi connectivity index (χ0v) is 25.5. The molecule has 6 rings (SSSR count). The highest BCUT2D eigenvalue weighted by Crippen LogP contribution is 2.61. The van der Waals surface area contributed by atoms with Crippen LogP contribution in [-0.2, 0) is 17.4 Å². The van der Waals surface area contributed by atoms with Gasteiger partial charge in [-0.05, 0) is 131 Å². The first kappa shape index (κ1) is 31.2. The number of phenolic OH excluding ortho intramolecular Hbond substituents is 1. The zero-order chi connectivity index (χ0) is 31.1. The third-order valence-electron chi connectivity index (χ3n) is 11.0. The summed E-state index contributed by atoms with van der Waals surface area (Å²) in [4.78, 5) is 15.0. The molecule has 0 spiro atoms. The van der Waals surface area contributed by atoms with Gasteiger partial charge in [-0.25, -0.2) is 0 Å². The van der Waals surface area contributed by atoms with Crippen LogP contribution in [0, 0.1) is 17.3 Å². The number of likely N-dealkylation sites (tertiary alicyclic amines) is 1. The Morgan fingerprint density at radius 3 is 2.64 bits per heavy atom. The van der Waals surface area contributed by atoms with Crippen molar-refractivity contribution in [2.24, 2.45) is 17.3 Å². The van der Waals surface area contributed by atoms with Gasteiger partial charge in [-0.1, -0.05) is 19.4 Å². The fraction of sp³-hybridized carbons (Fsp3) is 0.629. The summed E-state index contributed by atoms with van der Waals surface area (Å²) in [5.74, 6) is 0.346. The smallest absolute Gasteiger partial charge is 0.418 e. The van der Waals surface area contributed by atoms with Crippen LogP contribution in [0.3, 0.4) is 0 Å². The van der Waals surface area contributed by atoms with Gasteiger partial charge in [-0.15, -0.1) is 0 Å². The van der Waals surface area contributed by atoms with Crippen LogP contribution in [0.5, 0.6) is 11.5 Å². The number of rotatable bonds is 8. The van der Waals surface area contributed by atoms with E-state index in [1.54, 1.807) is 12.1 Å². The largest absolute Gasteiger partial charge is 0.508 e. The first-order valence-corrected chi connectivity index (χ1v) is 16.4. The van der Waals surface area contributed by atoms with Crippen molar-refractivity contribution in [3.63, 3.8) is 0 Å². The second-order valence-electron chi connectivity index (χ2n) is 13.8. The van der Waals surface area contributed by atoms with E-state index in [9.17, 15) is 28.2 Å². The summed E-state index contributed by atoms with van der Waals surface area (Å²) in [6.45, 7) is 5.17. The lowest BCUT2D eigenvalue weighted by Crippen LogP contribution is -2.51. The van der Waals surface area contributed by atoms with Crippen molar-refractivity contribution in [1.82, 2.24) is 4.90 Å². The van der Waals surface area contributed by atoms with E-state index in [0.29, 0.717) is 25.2 Å². The molecule has 2 aromatic carbocycles. The van der Waals surface area contributed by atoms with Crippen molar-refractivity contribution in [2.45, 2.75) is 102 Å². The molecule has 3 aliphatic carbocycles. The molecule has 6 atom stereocenters. The summed E-state index contributed by atoms with van der Waals surface area (Å²) in [6, 6.07) is 9.19. The number of fused-ring (bicyclic) bond motifs is 5. The van der Waals surface area contributed by atoms with Gasteiger partial charge in [-0.3, -0.25) is 4.79 Å². The number of nitrogens with one attached hydrogen (secondary N) is 1. The molecular weight excluding hydrogens is 569 g/mol. The van der Waals surface area contributed by atoms with Gasteiger partial charge >= 0.3 is 6.18 Å². The van der Waals surface area contributed by atoms with Gasteiger partial charge in [0, 0.05) is 17.8 Å². The normalized spacial score (nSPS) is 30.2. The molecule has 0 bridgehead atoms. The number of nitrogens with zero attached hydrogens (tertiary/aromatic N) is 1. The summed E-state index contributed by atoms with van der Waals surface area (Å²) in [5, 5.41) is 23.6. The van der Waals surface area contributed by atoms with Crippen LogP contribution in [0.1, 0.15) is 93.7 Å². The predicted octanol–water partition coefficient (Wildman–Crippen LogP) is 7.28. The lowest BCUT2D eigenvalue weighted by molar-refractivity contribution is -0.137. The third kappa shape index (κ3) is 6.32. The quantitative estimate of drug-likeness (QED) is 0.272. The number of amides is 1. The van der Waals surface area contributed by atoms with Gasteiger partial charge in [-0.2, -0.15) is 13.2 Å².